The minimum atomic E-state index is 0.164. The van der Waals surface area contributed by atoms with E-state index in [4.69, 9.17) is 0 Å². The monoisotopic (exact) mass is 193 g/mol. The third kappa shape index (κ3) is 1.55. The largest absolute Gasteiger partial charge is 0.508 e. The average molecular weight is 193 g/mol. The number of phenols is 2. The van der Waals surface area contributed by atoms with E-state index < -0.39 is 0 Å². The quantitative estimate of drug-likeness (QED) is 0.633. The highest BCUT2D eigenvalue weighted by Crippen LogP contribution is 2.34. The van der Waals surface area contributed by atoms with Crippen LogP contribution in [0.15, 0.2) is 12.1 Å². The Kier molecular flexibility index (Phi) is 2.33. The van der Waals surface area contributed by atoms with Gasteiger partial charge in [-0.2, -0.15) is 0 Å². The molecule has 0 saturated carbocycles. The standard InChI is InChI=1S/C11H15NO2/c1-7-4-9(8-2-3-12-6-8)11(14)5-10(7)13/h4-5,8,12-14H,2-3,6H2,1H3. The van der Waals surface area contributed by atoms with Gasteiger partial charge in [0.2, 0.25) is 0 Å². The molecular weight excluding hydrogens is 178 g/mol. The van der Waals surface area contributed by atoms with E-state index in [0.717, 1.165) is 30.6 Å². The van der Waals surface area contributed by atoms with E-state index in [-0.39, 0.29) is 11.5 Å². The van der Waals surface area contributed by atoms with E-state index in [0.29, 0.717) is 5.92 Å². The van der Waals surface area contributed by atoms with Crippen LogP contribution in [0, 0.1) is 6.92 Å². The van der Waals surface area contributed by atoms with Crippen LogP contribution in [0.5, 0.6) is 11.5 Å². The third-order valence-corrected chi connectivity index (χ3v) is 2.85. The number of phenolic OH excluding ortho intramolecular Hbond substituents is 2. The summed E-state index contributed by atoms with van der Waals surface area (Å²) in [6.45, 7) is 3.77. The van der Waals surface area contributed by atoms with Gasteiger partial charge in [0, 0.05) is 18.5 Å². The fourth-order valence-corrected chi connectivity index (χ4v) is 1.95. The molecule has 1 atom stereocenters. The Bertz CT molecular complexity index is 343. The molecule has 0 aromatic heterocycles. The molecule has 1 unspecified atom stereocenters. The Balaban J connectivity index is 2.37. The van der Waals surface area contributed by atoms with Crippen molar-refractivity contribution in [3.8, 4) is 11.5 Å². The first-order valence-electron chi connectivity index (χ1n) is 4.91. The predicted molar refractivity (Wildman–Crippen MR) is 54.7 cm³/mol. The van der Waals surface area contributed by atoms with E-state index in [1.807, 2.05) is 13.0 Å². The molecule has 1 aliphatic heterocycles. The van der Waals surface area contributed by atoms with Crippen molar-refractivity contribution in [1.82, 2.24) is 5.32 Å². The molecule has 76 valence electrons. The van der Waals surface area contributed by atoms with Crippen LogP contribution in [0.2, 0.25) is 0 Å². The molecule has 14 heavy (non-hydrogen) atoms. The van der Waals surface area contributed by atoms with Gasteiger partial charge in [0.15, 0.2) is 0 Å². The summed E-state index contributed by atoms with van der Waals surface area (Å²) >= 11 is 0. The Morgan fingerprint density at radius 2 is 2.07 bits per heavy atom. The van der Waals surface area contributed by atoms with Crippen LogP contribution in [0.3, 0.4) is 0 Å². The van der Waals surface area contributed by atoms with Crippen LogP contribution in [-0.2, 0) is 0 Å². The van der Waals surface area contributed by atoms with Crippen LogP contribution in [0.25, 0.3) is 0 Å². The van der Waals surface area contributed by atoms with Gasteiger partial charge < -0.3 is 15.5 Å². The molecule has 1 aliphatic rings. The number of nitrogens with one attached hydrogen (secondary N) is 1. The first kappa shape index (κ1) is 9.34. The minimum absolute atomic E-state index is 0.164. The number of aromatic hydroxyl groups is 2. The van der Waals surface area contributed by atoms with Crippen molar-refractivity contribution in [3.05, 3.63) is 23.3 Å². The van der Waals surface area contributed by atoms with Gasteiger partial charge >= 0.3 is 0 Å². The highest BCUT2D eigenvalue weighted by Gasteiger charge is 2.20. The summed E-state index contributed by atoms with van der Waals surface area (Å²) < 4.78 is 0. The Labute approximate surface area is 83.4 Å². The fraction of sp³-hybridized carbons (Fsp3) is 0.455. The lowest BCUT2D eigenvalue weighted by Crippen LogP contribution is -2.08. The summed E-state index contributed by atoms with van der Waals surface area (Å²) in [4.78, 5) is 0. The summed E-state index contributed by atoms with van der Waals surface area (Å²) in [5.74, 6) is 0.758. The Morgan fingerprint density at radius 1 is 1.29 bits per heavy atom. The van der Waals surface area contributed by atoms with Crippen molar-refractivity contribution >= 4 is 0 Å². The van der Waals surface area contributed by atoms with Crippen molar-refractivity contribution in [1.29, 1.82) is 0 Å². The van der Waals surface area contributed by atoms with Gasteiger partial charge in [0.05, 0.1) is 0 Å². The molecule has 2 rings (SSSR count). The molecular formula is C11H15NO2. The normalized spacial score (nSPS) is 21.4. The van der Waals surface area contributed by atoms with Crippen LogP contribution >= 0.6 is 0 Å². The summed E-state index contributed by atoms with van der Waals surface area (Å²) in [6, 6.07) is 3.31. The van der Waals surface area contributed by atoms with E-state index in [9.17, 15) is 10.2 Å². The van der Waals surface area contributed by atoms with E-state index >= 15 is 0 Å². The van der Waals surface area contributed by atoms with Crippen LogP contribution in [-0.4, -0.2) is 23.3 Å². The second-order valence-electron chi connectivity index (χ2n) is 3.89. The minimum Gasteiger partial charge on any atom is -0.508 e. The van der Waals surface area contributed by atoms with Crippen molar-refractivity contribution in [2.24, 2.45) is 0 Å². The number of benzene rings is 1. The predicted octanol–water partition coefficient (Wildman–Crippen LogP) is 1.48. The third-order valence-electron chi connectivity index (χ3n) is 2.85. The van der Waals surface area contributed by atoms with Crippen molar-refractivity contribution in [2.75, 3.05) is 13.1 Å². The van der Waals surface area contributed by atoms with Crippen LogP contribution < -0.4 is 5.32 Å². The van der Waals surface area contributed by atoms with Gasteiger partial charge in [-0.15, -0.1) is 0 Å². The molecule has 3 N–H and O–H groups in total. The average Bonchev–Trinajstić information content (AvgIpc) is 2.64. The molecule has 0 amide bonds. The summed E-state index contributed by atoms with van der Waals surface area (Å²) in [5.41, 5.74) is 1.77. The van der Waals surface area contributed by atoms with Gasteiger partial charge in [0.25, 0.3) is 0 Å². The lowest BCUT2D eigenvalue weighted by Gasteiger charge is -2.12. The maximum absolute atomic E-state index is 9.69. The van der Waals surface area contributed by atoms with Gasteiger partial charge in [-0.1, -0.05) is 0 Å². The molecule has 1 heterocycles. The first-order valence-corrected chi connectivity index (χ1v) is 4.91. The highest BCUT2D eigenvalue weighted by molar-refractivity contribution is 5.46. The Morgan fingerprint density at radius 3 is 2.71 bits per heavy atom. The van der Waals surface area contributed by atoms with Crippen LogP contribution in [0.4, 0.5) is 0 Å². The van der Waals surface area contributed by atoms with E-state index in [2.05, 4.69) is 5.32 Å². The Hall–Kier alpha value is -1.22. The second-order valence-corrected chi connectivity index (χ2v) is 3.89. The smallest absolute Gasteiger partial charge is 0.122 e. The topological polar surface area (TPSA) is 52.5 Å². The van der Waals surface area contributed by atoms with Gasteiger partial charge in [-0.05, 0) is 37.1 Å². The summed E-state index contributed by atoms with van der Waals surface area (Å²) in [6.07, 6.45) is 1.05. The zero-order chi connectivity index (χ0) is 10.1. The molecule has 1 aromatic rings. The number of rotatable bonds is 1. The maximum atomic E-state index is 9.69. The van der Waals surface area contributed by atoms with E-state index in [1.165, 1.54) is 6.07 Å². The molecule has 0 radical (unpaired) electrons. The molecule has 0 aliphatic carbocycles. The summed E-state index contributed by atoms with van der Waals surface area (Å²) in [7, 11) is 0. The zero-order valence-electron chi connectivity index (χ0n) is 8.25. The molecule has 0 bridgehead atoms. The lowest BCUT2D eigenvalue weighted by molar-refractivity contribution is 0.440. The number of aryl methyl sites for hydroxylation is 1. The fourth-order valence-electron chi connectivity index (χ4n) is 1.95. The highest BCUT2D eigenvalue weighted by atomic mass is 16.3. The van der Waals surface area contributed by atoms with E-state index in [1.54, 1.807) is 0 Å². The van der Waals surface area contributed by atoms with Gasteiger partial charge in [0.1, 0.15) is 11.5 Å². The molecule has 3 nitrogen and oxygen atoms in total. The SMILES string of the molecule is Cc1cc(C2CCNC2)c(O)cc1O. The number of hydrogen-bond acceptors (Lipinski definition) is 3. The van der Waals surface area contributed by atoms with Crippen LogP contribution in [0.1, 0.15) is 23.5 Å². The molecule has 0 spiro atoms. The molecule has 3 heteroatoms. The first-order chi connectivity index (χ1) is 6.68. The van der Waals surface area contributed by atoms with Crippen molar-refractivity contribution < 1.29 is 10.2 Å². The zero-order valence-corrected chi connectivity index (χ0v) is 8.25. The maximum Gasteiger partial charge on any atom is 0.122 e. The van der Waals surface area contributed by atoms with Crippen molar-refractivity contribution in [3.63, 3.8) is 0 Å². The van der Waals surface area contributed by atoms with Crippen molar-refractivity contribution in [2.45, 2.75) is 19.3 Å². The number of hydrogen-bond donors (Lipinski definition) is 3. The summed E-state index contributed by atoms with van der Waals surface area (Å²) in [5, 5.41) is 22.3. The van der Waals surface area contributed by atoms with Gasteiger partial charge in [-0.3, -0.25) is 0 Å². The lowest BCUT2D eigenvalue weighted by atomic mass is 9.95. The second kappa shape index (κ2) is 3.50. The molecule has 1 fully saturated rings. The molecule has 1 aromatic carbocycles. The molecule has 1 saturated heterocycles. The van der Waals surface area contributed by atoms with Gasteiger partial charge in [-0.25, -0.2) is 0 Å².